The fraction of sp³-hybridized carbons (Fsp3) is 0.651. The van der Waals surface area contributed by atoms with Crippen LogP contribution < -0.4 is 0 Å². The Morgan fingerprint density at radius 3 is 0.826 bits per heavy atom. The van der Waals surface area contributed by atoms with Crippen molar-refractivity contribution in [3.63, 3.8) is 0 Å². The molecule has 0 unspecified atom stereocenters. The van der Waals surface area contributed by atoms with Gasteiger partial charge in [0.1, 0.15) is 0 Å². The molecule has 0 amide bonds. The van der Waals surface area contributed by atoms with Crippen molar-refractivity contribution in [2.24, 2.45) is 0 Å². The van der Waals surface area contributed by atoms with Crippen LogP contribution in [0.25, 0.3) is 11.4 Å². The van der Waals surface area contributed by atoms with Crippen molar-refractivity contribution in [3.05, 3.63) is 74.9 Å². The van der Waals surface area contributed by atoms with E-state index in [0.717, 1.165) is 0 Å². The quantitative estimate of drug-likeness (QED) is 0.0915. The van der Waals surface area contributed by atoms with E-state index in [9.17, 15) is 0 Å². The molecule has 0 saturated heterocycles. The number of benzene rings is 2. The van der Waals surface area contributed by atoms with E-state index in [0.29, 0.717) is 23.7 Å². The molecule has 3 rings (SSSR count). The molecule has 0 atom stereocenters. The molecule has 0 aliphatic rings. The zero-order valence-corrected chi connectivity index (χ0v) is 32.5. The molecular formula is C43H68N2Pd. The van der Waals surface area contributed by atoms with E-state index in [4.69, 9.17) is 0 Å². The second-order valence-electron chi connectivity index (χ2n) is 13.9. The van der Waals surface area contributed by atoms with Crippen molar-refractivity contribution < 1.29 is 18.7 Å². The van der Waals surface area contributed by atoms with E-state index in [1.54, 1.807) is 22.3 Å². The number of aromatic nitrogens is 2. The summed E-state index contributed by atoms with van der Waals surface area (Å²) in [6.45, 7) is 18.8. The molecule has 1 aromatic heterocycles. The average molecular weight is 719 g/mol. The van der Waals surface area contributed by atoms with E-state index >= 15 is 0 Å². The topological polar surface area (TPSA) is 9.86 Å². The normalized spacial score (nSPS) is 12.0. The SMILES string of the molecule is CCCC(CCC)c1cccc(C(CCC)CCC)c1-n1ccn(-c2c(C(CCC)CCC)cccc2C(CCC)CCC)[c]1=[Pd]. The molecule has 1 heterocycles. The molecule has 0 radical (unpaired) electrons. The summed E-state index contributed by atoms with van der Waals surface area (Å²) in [5.41, 5.74) is 9.10. The molecule has 0 N–H and O–H groups in total. The van der Waals surface area contributed by atoms with Gasteiger partial charge in [-0.25, -0.2) is 0 Å². The minimum atomic E-state index is 0.584. The molecule has 3 heteroatoms. The molecule has 260 valence electrons. The standard InChI is InChI=1S/C43H68N2.Pd/c1-9-19-34(20-10-2)38-27-17-28-39(35(21-11-3)22-12-4)42(38)44-31-32-45(33-44)43-40(36(23-13-5)24-14-6)29-18-30-41(43)37(25-15-7)26-16-8;/h17-18,27-32,34-37H,9-16,19-26H2,1-8H3;. The number of hydrogen-bond acceptors (Lipinski definition) is 0. The van der Waals surface area contributed by atoms with Gasteiger partial charge in [0.15, 0.2) is 0 Å². The number of rotatable bonds is 22. The van der Waals surface area contributed by atoms with Gasteiger partial charge in [0.05, 0.1) is 0 Å². The van der Waals surface area contributed by atoms with Gasteiger partial charge < -0.3 is 0 Å². The van der Waals surface area contributed by atoms with Gasteiger partial charge in [-0.1, -0.05) is 0 Å². The van der Waals surface area contributed by atoms with Crippen LogP contribution in [0.1, 0.15) is 204 Å². The zero-order chi connectivity index (χ0) is 33.5. The summed E-state index contributed by atoms with van der Waals surface area (Å²) in [5.74, 6) is 2.34. The van der Waals surface area contributed by atoms with Crippen LogP contribution in [0.5, 0.6) is 0 Å². The number of imidazole rings is 1. The fourth-order valence-electron chi connectivity index (χ4n) is 8.33. The van der Waals surface area contributed by atoms with Crippen LogP contribution in [0.4, 0.5) is 0 Å². The van der Waals surface area contributed by atoms with Crippen LogP contribution in [0.15, 0.2) is 48.8 Å². The Hall–Kier alpha value is -1.69. The predicted molar refractivity (Wildman–Crippen MR) is 199 cm³/mol. The maximum absolute atomic E-state index is 3.92. The van der Waals surface area contributed by atoms with Crippen LogP contribution in [-0.4, -0.2) is 9.13 Å². The molecule has 0 aliphatic carbocycles. The van der Waals surface area contributed by atoms with Gasteiger partial charge in [-0.15, -0.1) is 0 Å². The first-order valence-electron chi connectivity index (χ1n) is 19.5. The maximum atomic E-state index is 3.92. The molecule has 0 fully saturated rings. The van der Waals surface area contributed by atoms with Gasteiger partial charge in [0.25, 0.3) is 0 Å². The Morgan fingerprint density at radius 1 is 0.413 bits per heavy atom. The van der Waals surface area contributed by atoms with Crippen LogP contribution >= 0.6 is 0 Å². The van der Waals surface area contributed by atoms with E-state index in [1.165, 1.54) is 118 Å². The summed E-state index contributed by atoms with van der Waals surface area (Å²) >= 11 is 3.92. The van der Waals surface area contributed by atoms with Crippen molar-refractivity contribution in [1.29, 1.82) is 0 Å². The summed E-state index contributed by atoms with van der Waals surface area (Å²) in [7, 11) is 0. The second-order valence-corrected chi connectivity index (χ2v) is 14.6. The van der Waals surface area contributed by atoms with Gasteiger partial charge in [-0.3, -0.25) is 0 Å². The molecule has 3 aromatic rings. The Labute approximate surface area is 294 Å². The Bertz CT molecular complexity index is 1150. The van der Waals surface area contributed by atoms with E-state index in [-0.39, 0.29) is 0 Å². The summed E-state index contributed by atoms with van der Waals surface area (Å²) in [5, 5.41) is 0. The molecule has 0 saturated carbocycles. The predicted octanol–water partition coefficient (Wildman–Crippen LogP) is 14.1. The third-order valence-corrected chi connectivity index (χ3v) is 11.0. The number of hydrogen-bond donors (Lipinski definition) is 0. The molecule has 0 aliphatic heterocycles. The average Bonchev–Trinajstić information content (AvgIpc) is 3.43. The van der Waals surface area contributed by atoms with E-state index < -0.39 is 0 Å². The molecule has 0 bridgehead atoms. The van der Waals surface area contributed by atoms with Crippen LogP contribution in [0.2, 0.25) is 0 Å². The Kier molecular flexibility index (Phi) is 17.4. The van der Waals surface area contributed by atoms with Gasteiger partial charge in [-0.05, 0) is 0 Å². The van der Waals surface area contributed by atoms with Crippen LogP contribution in [0, 0.1) is 3.89 Å². The molecular weight excluding hydrogens is 651 g/mol. The Morgan fingerprint density at radius 2 is 0.630 bits per heavy atom. The van der Waals surface area contributed by atoms with Crippen molar-refractivity contribution >= 4 is 0 Å². The molecule has 2 aromatic carbocycles. The molecule has 46 heavy (non-hydrogen) atoms. The number of para-hydroxylation sites is 2. The van der Waals surface area contributed by atoms with E-state index in [1.807, 2.05) is 0 Å². The van der Waals surface area contributed by atoms with E-state index in [2.05, 4.69) is 132 Å². The fourth-order valence-corrected chi connectivity index (χ4v) is 8.91. The first-order chi connectivity index (χ1) is 22.4. The van der Waals surface area contributed by atoms with Gasteiger partial charge in [0.2, 0.25) is 0 Å². The Balaban J connectivity index is 2.41. The van der Waals surface area contributed by atoms with Crippen molar-refractivity contribution in [2.75, 3.05) is 0 Å². The zero-order valence-electron chi connectivity index (χ0n) is 31.0. The summed E-state index contributed by atoms with van der Waals surface area (Å²) < 4.78 is 6.30. The third-order valence-electron chi connectivity index (χ3n) is 10.3. The first kappa shape index (κ1) is 38.8. The number of nitrogens with zero attached hydrogens (tertiary/aromatic N) is 2. The minimum absolute atomic E-state index is 0.584. The summed E-state index contributed by atoms with van der Waals surface area (Å²) in [6.07, 6.45) is 24.5. The summed E-state index contributed by atoms with van der Waals surface area (Å²) in [6, 6.07) is 14.6. The van der Waals surface area contributed by atoms with Crippen molar-refractivity contribution in [1.82, 2.24) is 9.13 Å². The van der Waals surface area contributed by atoms with Crippen molar-refractivity contribution in [3.8, 4) is 11.4 Å². The molecule has 0 spiro atoms. The van der Waals surface area contributed by atoms with Crippen LogP contribution in [0.3, 0.4) is 0 Å². The van der Waals surface area contributed by atoms with Crippen molar-refractivity contribution in [2.45, 2.75) is 182 Å². The first-order valence-corrected chi connectivity index (χ1v) is 20.2. The van der Waals surface area contributed by atoms with Gasteiger partial charge in [-0.2, -0.15) is 0 Å². The summed E-state index contributed by atoms with van der Waals surface area (Å²) in [4.78, 5) is 0. The monoisotopic (exact) mass is 718 g/mol. The van der Waals surface area contributed by atoms with Gasteiger partial charge >= 0.3 is 296 Å². The third kappa shape index (κ3) is 9.47. The second kappa shape index (κ2) is 20.6. The van der Waals surface area contributed by atoms with Crippen LogP contribution in [-0.2, 0) is 18.7 Å². The van der Waals surface area contributed by atoms with Gasteiger partial charge in [0, 0.05) is 0 Å². The molecule has 2 nitrogen and oxygen atoms in total.